The summed E-state index contributed by atoms with van der Waals surface area (Å²) in [6, 6.07) is 8.70. The number of hydrogen-bond acceptors (Lipinski definition) is 6. The number of aryl methyl sites for hydroxylation is 2. The predicted molar refractivity (Wildman–Crippen MR) is 125 cm³/mol. The lowest BCUT2D eigenvalue weighted by Crippen LogP contribution is -2.38. The lowest BCUT2D eigenvalue weighted by Gasteiger charge is -2.31. The number of fused-ring (bicyclic) bond motifs is 2. The van der Waals surface area contributed by atoms with Crippen LogP contribution in [0.3, 0.4) is 0 Å². The van der Waals surface area contributed by atoms with E-state index in [1.165, 1.54) is 24.1 Å². The number of benzene rings is 1. The van der Waals surface area contributed by atoms with Crippen molar-refractivity contribution in [3.05, 3.63) is 47.3 Å². The maximum Gasteiger partial charge on any atom is 0.225 e. The maximum absolute atomic E-state index is 12.8. The first kappa shape index (κ1) is 21.2. The Balaban J connectivity index is 1.09. The van der Waals surface area contributed by atoms with Crippen LogP contribution >= 0.6 is 0 Å². The molecule has 0 radical (unpaired) electrons. The molecular formula is C25H33N5O2. The Kier molecular flexibility index (Phi) is 6.53. The smallest absolute Gasteiger partial charge is 0.225 e. The fraction of sp³-hybridized carbons (Fsp3) is 0.560. The highest BCUT2D eigenvalue weighted by Gasteiger charge is 2.27. The highest BCUT2D eigenvalue weighted by atomic mass is 16.5. The van der Waals surface area contributed by atoms with E-state index in [1.807, 2.05) is 6.20 Å². The van der Waals surface area contributed by atoms with Crippen LogP contribution in [0.5, 0.6) is 0 Å². The Morgan fingerprint density at radius 1 is 1.12 bits per heavy atom. The van der Waals surface area contributed by atoms with Gasteiger partial charge in [0.15, 0.2) is 0 Å². The number of carbonyl (C=O) groups is 1. The third-order valence-corrected chi connectivity index (χ3v) is 6.91. The SMILES string of the molecule is O=C(NCCCN1CCCc2ccccc21)C1CCc2nc(N3CCOCC3)ncc2C1. The summed E-state index contributed by atoms with van der Waals surface area (Å²) in [7, 11) is 0. The highest BCUT2D eigenvalue weighted by molar-refractivity contribution is 5.79. The number of carbonyl (C=O) groups excluding carboxylic acids is 1. The van der Waals surface area contributed by atoms with Crippen molar-refractivity contribution < 1.29 is 9.53 Å². The molecule has 1 unspecified atom stereocenters. The molecule has 3 heterocycles. The summed E-state index contributed by atoms with van der Waals surface area (Å²) >= 11 is 0. The zero-order valence-corrected chi connectivity index (χ0v) is 18.8. The molecule has 1 N–H and O–H groups in total. The lowest BCUT2D eigenvalue weighted by molar-refractivity contribution is -0.125. The number of anilines is 2. The molecule has 1 atom stereocenters. The van der Waals surface area contributed by atoms with Gasteiger partial charge in [0.1, 0.15) is 0 Å². The average molecular weight is 436 g/mol. The van der Waals surface area contributed by atoms with Gasteiger partial charge < -0.3 is 19.9 Å². The van der Waals surface area contributed by atoms with Crippen LogP contribution < -0.4 is 15.1 Å². The van der Waals surface area contributed by atoms with Crippen molar-refractivity contribution >= 4 is 17.5 Å². The van der Waals surface area contributed by atoms with Gasteiger partial charge in [-0.1, -0.05) is 18.2 Å². The molecule has 1 aromatic carbocycles. The summed E-state index contributed by atoms with van der Waals surface area (Å²) in [5.41, 5.74) is 5.04. The second-order valence-electron chi connectivity index (χ2n) is 9.04. The van der Waals surface area contributed by atoms with Gasteiger partial charge in [-0.15, -0.1) is 0 Å². The number of aromatic nitrogens is 2. The molecular weight excluding hydrogens is 402 g/mol. The van der Waals surface area contributed by atoms with Crippen molar-refractivity contribution in [2.24, 2.45) is 5.92 Å². The summed E-state index contributed by atoms with van der Waals surface area (Å²) in [6.07, 6.45) is 7.72. The van der Waals surface area contributed by atoms with Gasteiger partial charge in [-0.2, -0.15) is 0 Å². The van der Waals surface area contributed by atoms with E-state index < -0.39 is 0 Å². The largest absolute Gasteiger partial charge is 0.378 e. The second-order valence-corrected chi connectivity index (χ2v) is 9.04. The summed E-state index contributed by atoms with van der Waals surface area (Å²) in [4.78, 5) is 26.8. The molecule has 7 heteroatoms. The lowest BCUT2D eigenvalue weighted by atomic mass is 9.86. The number of morpholine rings is 1. The summed E-state index contributed by atoms with van der Waals surface area (Å²) in [5.74, 6) is 0.997. The number of ether oxygens (including phenoxy) is 1. The van der Waals surface area contributed by atoms with Crippen LogP contribution in [0.4, 0.5) is 11.6 Å². The third-order valence-electron chi connectivity index (χ3n) is 6.91. The van der Waals surface area contributed by atoms with E-state index >= 15 is 0 Å². The first-order valence-electron chi connectivity index (χ1n) is 12.1. The molecule has 1 fully saturated rings. The monoisotopic (exact) mass is 435 g/mol. The van der Waals surface area contributed by atoms with E-state index in [4.69, 9.17) is 9.72 Å². The van der Waals surface area contributed by atoms with Gasteiger partial charge in [-0.05, 0) is 55.7 Å². The van der Waals surface area contributed by atoms with Crippen LogP contribution in [-0.4, -0.2) is 61.8 Å². The van der Waals surface area contributed by atoms with Crippen LogP contribution in [0, 0.1) is 5.92 Å². The van der Waals surface area contributed by atoms with Gasteiger partial charge in [0, 0.05) is 56.2 Å². The van der Waals surface area contributed by atoms with Gasteiger partial charge in [-0.3, -0.25) is 4.79 Å². The van der Waals surface area contributed by atoms with Gasteiger partial charge in [0.05, 0.1) is 13.2 Å². The minimum Gasteiger partial charge on any atom is -0.378 e. The average Bonchev–Trinajstić information content (AvgIpc) is 2.86. The molecule has 170 valence electrons. The molecule has 7 nitrogen and oxygen atoms in total. The zero-order chi connectivity index (χ0) is 21.8. The van der Waals surface area contributed by atoms with E-state index in [0.29, 0.717) is 0 Å². The molecule has 2 aliphatic heterocycles. The van der Waals surface area contributed by atoms with Crippen molar-refractivity contribution in [2.45, 2.75) is 38.5 Å². The van der Waals surface area contributed by atoms with Crippen LogP contribution in [0.15, 0.2) is 30.5 Å². The molecule has 1 aromatic heterocycles. The van der Waals surface area contributed by atoms with E-state index in [2.05, 4.69) is 44.4 Å². The first-order chi connectivity index (χ1) is 15.8. The predicted octanol–water partition coefficient (Wildman–Crippen LogP) is 2.38. The Hall–Kier alpha value is -2.67. The summed E-state index contributed by atoms with van der Waals surface area (Å²) < 4.78 is 5.42. The molecule has 32 heavy (non-hydrogen) atoms. The van der Waals surface area contributed by atoms with Crippen LogP contribution in [-0.2, 0) is 28.8 Å². The summed E-state index contributed by atoms with van der Waals surface area (Å²) in [5, 5.41) is 3.18. The number of hydrogen-bond donors (Lipinski definition) is 1. The van der Waals surface area contributed by atoms with Gasteiger partial charge in [0.25, 0.3) is 0 Å². The number of nitrogens with one attached hydrogen (secondary N) is 1. The number of nitrogens with zero attached hydrogens (tertiary/aromatic N) is 4. The molecule has 1 amide bonds. The van der Waals surface area contributed by atoms with E-state index in [-0.39, 0.29) is 11.8 Å². The summed E-state index contributed by atoms with van der Waals surface area (Å²) in [6.45, 7) is 5.96. The van der Waals surface area contributed by atoms with Crippen molar-refractivity contribution in [3.63, 3.8) is 0 Å². The minimum atomic E-state index is 0.0241. The molecule has 2 aromatic rings. The van der Waals surface area contributed by atoms with Gasteiger partial charge in [-0.25, -0.2) is 9.97 Å². The molecule has 0 bridgehead atoms. The molecule has 3 aliphatic rings. The maximum atomic E-state index is 12.8. The number of amides is 1. The Morgan fingerprint density at radius 3 is 2.91 bits per heavy atom. The molecule has 5 rings (SSSR count). The number of rotatable bonds is 6. The fourth-order valence-corrected chi connectivity index (χ4v) is 5.11. The van der Waals surface area contributed by atoms with Crippen LogP contribution in [0.2, 0.25) is 0 Å². The van der Waals surface area contributed by atoms with E-state index in [9.17, 15) is 4.79 Å². The molecule has 1 aliphatic carbocycles. The van der Waals surface area contributed by atoms with Crippen molar-refractivity contribution in [3.8, 4) is 0 Å². The second kappa shape index (κ2) is 9.86. The van der Waals surface area contributed by atoms with Gasteiger partial charge >= 0.3 is 0 Å². The molecule has 0 spiro atoms. The quantitative estimate of drug-likeness (QED) is 0.703. The van der Waals surface area contributed by atoms with Crippen LogP contribution in [0.25, 0.3) is 0 Å². The Bertz CT molecular complexity index is 944. The van der Waals surface area contributed by atoms with Gasteiger partial charge in [0.2, 0.25) is 11.9 Å². The Morgan fingerprint density at radius 2 is 2.00 bits per heavy atom. The molecule has 0 saturated carbocycles. The standard InChI is InChI=1S/C25H33N5O2/c31-24(26-10-4-12-29-11-3-6-19-5-1-2-7-23(19)29)20-8-9-22-21(17-20)18-27-25(28-22)30-13-15-32-16-14-30/h1-2,5,7,18,20H,3-4,6,8-17H2,(H,26,31). The molecule has 1 saturated heterocycles. The highest BCUT2D eigenvalue weighted by Crippen LogP contribution is 2.27. The van der Waals surface area contributed by atoms with Crippen molar-refractivity contribution in [1.82, 2.24) is 15.3 Å². The third kappa shape index (κ3) is 4.72. The first-order valence-corrected chi connectivity index (χ1v) is 12.1. The van der Waals surface area contributed by atoms with E-state index in [1.54, 1.807) is 0 Å². The number of para-hydroxylation sites is 1. The fourth-order valence-electron chi connectivity index (χ4n) is 5.11. The van der Waals surface area contributed by atoms with E-state index in [0.717, 1.165) is 88.8 Å². The van der Waals surface area contributed by atoms with Crippen LogP contribution in [0.1, 0.15) is 36.1 Å². The topological polar surface area (TPSA) is 70.6 Å². The van der Waals surface area contributed by atoms with Crippen molar-refractivity contribution in [2.75, 3.05) is 55.7 Å². The Labute approximate surface area is 190 Å². The minimum absolute atomic E-state index is 0.0241. The van der Waals surface area contributed by atoms with Crippen molar-refractivity contribution in [1.29, 1.82) is 0 Å². The normalized spacial score (nSPS) is 20.4. The zero-order valence-electron chi connectivity index (χ0n) is 18.8.